The van der Waals surface area contributed by atoms with E-state index in [-0.39, 0.29) is 24.5 Å². The molecule has 0 bridgehead atoms. The Kier molecular flexibility index (Phi) is 5.33. The predicted molar refractivity (Wildman–Crippen MR) is 91.6 cm³/mol. The summed E-state index contributed by atoms with van der Waals surface area (Å²) in [6.45, 7) is 0.211. The largest absolute Gasteiger partial charge is 0.347 e. The molecule has 0 aliphatic rings. The van der Waals surface area contributed by atoms with E-state index in [1.165, 1.54) is 12.4 Å². The van der Waals surface area contributed by atoms with E-state index in [1.54, 1.807) is 36.5 Å². The highest BCUT2D eigenvalue weighted by Crippen LogP contribution is 2.08. The van der Waals surface area contributed by atoms with Gasteiger partial charge in [0.25, 0.3) is 11.8 Å². The number of rotatable bonds is 6. The molecule has 0 saturated heterocycles. The Balaban J connectivity index is 1.62. The van der Waals surface area contributed by atoms with E-state index in [4.69, 9.17) is 0 Å². The first-order valence-corrected chi connectivity index (χ1v) is 7.88. The number of pyridine rings is 1. The van der Waals surface area contributed by atoms with Crippen molar-refractivity contribution in [1.82, 2.24) is 25.6 Å². The van der Waals surface area contributed by atoms with Crippen LogP contribution in [-0.2, 0) is 13.1 Å². The fourth-order valence-electron chi connectivity index (χ4n) is 2.30. The number of nitrogens with one attached hydrogen (secondary N) is 3. The number of halogens is 1. The number of amides is 2. The average molecular weight is 353 g/mol. The summed E-state index contributed by atoms with van der Waals surface area (Å²) in [4.78, 5) is 35.2. The fraction of sp³-hybridized carbons (Fsp3) is 0.111. The number of hydrogen-bond acceptors (Lipinski definition) is 4. The van der Waals surface area contributed by atoms with Crippen LogP contribution in [0.2, 0.25) is 0 Å². The zero-order valence-corrected chi connectivity index (χ0v) is 13.7. The van der Waals surface area contributed by atoms with Gasteiger partial charge in [-0.15, -0.1) is 0 Å². The normalized spacial score (nSPS) is 10.3. The van der Waals surface area contributed by atoms with Gasteiger partial charge in [-0.1, -0.05) is 24.3 Å². The van der Waals surface area contributed by atoms with Crippen LogP contribution in [0.15, 0.2) is 55.0 Å². The Bertz CT molecular complexity index is 911. The Morgan fingerprint density at radius 2 is 1.73 bits per heavy atom. The number of aromatic amines is 1. The molecule has 3 aromatic rings. The lowest BCUT2D eigenvalue weighted by Crippen LogP contribution is -2.29. The van der Waals surface area contributed by atoms with Gasteiger partial charge in [0.2, 0.25) is 0 Å². The molecule has 3 N–H and O–H groups in total. The van der Waals surface area contributed by atoms with Crippen LogP contribution in [0.4, 0.5) is 4.39 Å². The molecule has 132 valence electrons. The van der Waals surface area contributed by atoms with Crippen LogP contribution in [0.1, 0.15) is 32.2 Å². The van der Waals surface area contributed by atoms with Crippen molar-refractivity contribution in [1.29, 1.82) is 0 Å². The molecule has 0 spiro atoms. The Morgan fingerprint density at radius 1 is 0.962 bits per heavy atom. The molecule has 1 aromatic carbocycles. The van der Waals surface area contributed by atoms with E-state index in [2.05, 4.69) is 25.6 Å². The summed E-state index contributed by atoms with van der Waals surface area (Å²) < 4.78 is 13.6. The van der Waals surface area contributed by atoms with Gasteiger partial charge in [-0.25, -0.2) is 9.37 Å². The van der Waals surface area contributed by atoms with Gasteiger partial charge in [-0.05, 0) is 18.2 Å². The Hall–Kier alpha value is -3.55. The van der Waals surface area contributed by atoms with Crippen molar-refractivity contribution >= 4 is 11.8 Å². The van der Waals surface area contributed by atoms with Gasteiger partial charge in [0.1, 0.15) is 11.5 Å². The molecule has 0 saturated carbocycles. The third-order valence-corrected chi connectivity index (χ3v) is 3.63. The minimum absolute atomic E-state index is 0.000475. The molecular weight excluding hydrogens is 337 g/mol. The maximum absolute atomic E-state index is 13.6. The highest BCUT2D eigenvalue weighted by atomic mass is 19.1. The minimum Gasteiger partial charge on any atom is -0.347 e. The highest BCUT2D eigenvalue weighted by Gasteiger charge is 2.20. The Labute approximate surface area is 148 Å². The van der Waals surface area contributed by atoms with Crippen molar-refractivity contribution in [2.75, 3.05) is 0 Å². The van der Waals surface area contributed by atoms with E-state index in [1.807, 2.05) is 6.07 Å². The van der Waals surface area contributed by atoms with Crippen molar-refractivity contribution < 1.29 is 14.0 Å². The van der Waals surface area contributed by atoms with Crippen LogP contribution in [0, 0.1) is 5.82 Å². The molecule has 2 aromatic heterocycles. The maximum Gasteiger partial charge on any atom is 0.272 e. The van der Waals surface area contributed by atoms with Crippen molar-refractivity contribution in [2.24, 2.45) is 0 Å². The molecule has 0 aliphatic carbocycles. The predicted octanol–water partition coefficient (Wildman–Crippen LogP) is 1.80. The zero-order chi connectivity index (χ0) is 18.4. The van der Waals surface area contributed by atoms with E-state index in [0.717, 1.165) is 0 Å². The van der Waals surface area contributed by atoms with Crippen LogP contribution in [-0.4, -0.2) is 26.8 Å². The molecule has 26 heavy (non-hydrogen) atoms. The molecule has 0 unspecified atom stereocenters. The summed E-state index contributed by atoms with van der Waals surface area (Å²) in [6.07, 6.45) is 2.88. The molecule has 2 amide bonds. The third kappa shape index (κ3) is 4.10. The smallest absolute Gasteiger partial charge is 0.272 e. The third-order valence-electron chi connectivity index (χ3n) is 3.63. The van der Waals surface area contributed by atoms with Crippen molar-refractivity contribution in [3.05, 3.63) is 83.5 Å². The van der Waals surface area contributed by atoms with E-state index >= 15 is 0 Å². The van der Waals surface area contributed by atoms with Crippen LogP contribution in [0.5, 0.6) is 0 Å². The standard InChI is InChI=1S/C18H16FN5O2/c19-14-7-2-1-5-12(14)9-21-17(25)15-16(24-11-23-15)18(26)22-10-13-6-3-4-8-20-13/h1-8,11H,9-10H2,(H,21,25)(H,22,26)(H,23,24). The maximum atomic E-state index is 13.6. The monoisotopic (exact) mass is 353 g/mol. The molecule has 0 atom stereocenters. The van der Waals surface area contributed by atoms with Crippen molar-refractivity contribution in [2.45, 2.75) is 13.1 Å². The van der Waals surface area contributed by atoms with Crippen molar-refractivity contribution in [3.8, 4) is 0 Å². The fourth-order valence-corrected chi connectivity index (χ4v) is 2.30. The minimum atomic E-state index is -0.547. The van der Waals surface area contributed by atoms with Crippen LogP contribution in [0.25, 0.3) is 0 Å². The first-order chi connectivity index (χ1) is 12.6. The second-order valence-corrected chi connectivity index (χ2v) is 5.40. The molecule has 7 nitrogen and oxygen atoms in total. The van der Waals surface area contributed by atoms with Crippen LogP contribution in [0.3, 0.4) is 0 Å². The average Bonchev–Trinajstić information content (AvgIpc) is 3.16. The molecule has 3 rings (SSSR count). The number of carbonyl (C=O) groups is 2. The molecule has 0 radical (unpaired) electrons. The number of benzene rings is 1. The number of hydrogen-bond donors (Lipinski definition) is 3. The number of aromatic nitrogens is 3. The van der Waals surface area contributed by atoms with Gasteiger partial charge in [0.05, 0.1) is 18.6 Å². The summed E-state index contributed by atoms with van der Waals surface area (Å²) in [7, 11) is 0. The lowest BCUT2D eigenvalue weighted by atomic mass is 10.2. The number of carbonyl (C=O) groups excluding carboxylic acids is 2. The van der Waals surface area contributed by atoms with E-state index in [0.29, 0.717) is 11.3 Å². The SMILES string of the molecule is O=C(NCc1ccccn1)c1nc[nH]c1C(=O)NCc1ccccc1F. The molecular formula is C18H16FN5O2. The first kappa shape index (κ1) is 17.3. The van der Waals surface area contributed by atoms with Crippen LogP contribution >= 0.6 is 0 Å². The van der Waals surface area contributed by atoms with Crippen molar-refractivity contribution in [3.63, 3.8) is 0 Å². The molecule has 0 aliphatic heterocycles. The summed E-state index contributed by atoms with van der Waals surface area (Å²) in [5, 5.41) is 5.22. The number of H-pyrrole nitrogens is 1. The summed E-state index contributed by atoms with van der Waals surface area (Å²) in [5.74, 6) is -1.47. The van der Waals surface area contributed by atoms with Gasteiger partial charge < -0.3 is 15.6 Å². The van der Waals surface area contributed by atoms with Gasteiger partial charge in [-0.2, -0.15) is 0 Å². The lowest BCUT2D eigenvalue weighted by Gasteiger charge is -2.07. The first-order valence-electron chi connectivity index (χ1n) is 7.88. The second-order valence-electron chi connectivity index (χ2n) is 5.40. The molecule has 8 heteroatoms. The summed E-state index contributed by atoms with van der Waals surface area (Å²) in [6, 6.07) is 11.5. The lowest BCUT2D eigenvalue weighted by molar-refractivity contribution is 0.0911. The van der Waals surface area contributed by atoms with E-state index in [9.17, 15) is 14.0 Å². The van der Waals surface area contributed by atoms with Gasteiger partial charge in [-0.3, -0.25) is 14.6 Å². The van der Waals surface area contributed by atoms with E-state index < -0.39 is 17.6 Å². The van der Waals surface area contributed by atoms with Gasteiger partial charge >= 0.3 is 0 Å². The topological polar surface area (TPSA) is 99.8 Å². The zero-order valence-electron chi connectivity index (χ0n) is 13.7. The Morgan fingerprint density at radius 3 is 2.50 bits per heavy atom. The second kappa shape index (κ2) is 8.02. The summed E-state index contributed by atoms with van der Waals surface area (Å²) >= 11 is 0. The van der Waals surface area contributed by atoms with Crippen LogP contribution < -0.4 is 10.6 Å². The van der Waals surface area contributed by atoms with Gasteiger partial charge in [0, 0.05) is 18.3 Å². The van der Waals surface area contributed by atoms with Gasteiger partial charge in [0.15, 0.2) is 5.69 Å². The highest BCUT2D eigenvalue weighted by molar-refractivity contribution is 6.04. The summed E-state index contributed by atoms with van der Waals surface area (Å²) in [5.41, 5.74) is 1.01. The number of imidazole rings is 1. The molecule has 0 fully saturated rings. The molecule has 2 heterocycles. The number of nitrogens with zero attached hydrogens (tertiary/aromatic N) is 2. The quantitative estimate of drug-likeness (QED) is 0.629.